The van der Waals surface area contributed by atoms with Crippen LogP contribution in [0.25, 0.3) is 10.8 Å². The molecule has 0 aromatic heterocycles. The van der Waals surface area contributed by atoms with E-state index >= 15 is 0 Å². The first-order chi connectivity index (χ1) is 7.29. The zero-order valence-corrected chi connectivity index (χ0v) is 9.29. The molecule has 15 heavy (non-hydrogen) atoms. The third kappa shape index (κ3) is 2.30. The fourth-order valence-electron chi connectivity index (χ4n) is 1.65. The Morgan fingerprint density at radius 3 is 2.60 bits per heavy atom. The summed E-state index contributed by atoms with van der Waals surface area (Å²) in [5, 5.41) is 2.52. The predicted octanol–water partition coefficient (Wildman–Crippen LogP) is 3.94. The number of rotatable bonds is 3. The van der Waals surface area contributed by atoms with Crippen LogP contribution in [0, 0.1) is 6.92 Å². The van der Waals surface area contributed by atoms with Crippen molar-refractivity contribution in [3.63, 3.8) is 0 Å². The average Bonchev–Trinajstić information content (AvgIpc) is 2.25. The average molecular weight is 200 g/mol. The monoisotopic (exact) mass is 200 g/mol. The molecule has 0 fully saturated rings. The van der Waals surface area contributed by atoms with Gasteiger partial charge in [0.25, 0.3) is 0 Å². The Labute approximate surface area is 90.7 Å². The van der Waals surface area contributed by atoms with Gasteiger partial charge < -0.3 is 4.74 Å². The fourth-order valence-corrected chi connectivity index (χ4v) is 1.65. The molecule has 1 nitrogen and oxygen atoms in total. The van der Waals surface area contributed by atoms with E-state index in [1.165, 1.54) is 16.3 Å². The first-order valence-corrected chi connectivity index (χ1v) is 5.43. The lowest BCUT2D eigenvalue weighted by molar-refractivity contribution is 0.318. The summed E-state index contributed by atoms with van der Waals surface area (Å²) in [7, 11) is 0. The van der Waals surface area contributed by atoms with Gasteiger partial charge in [0.05, 0.1) is 6.61 Å². The Bertz CT molecular complexity index is 460. The number of benzene rings is 2. The van der Waals surface area contributed by atoms with E-state index in [0.717, 1.165) is 18.8 Å². The van der Waals surface area contributed by atoms with Crippen molar-refractivity contribution in [1.29, 1.82) is 0 Å². The van der Waals surface area contributed by atoms with Crippen molar-refractivity contribution < 1.29 is 4.74 Å². The standard InChI is InChI=1S/C14H16O/c1-3-8-15-14-7-6-12-5-4-11(2)9-13(12)10-14/h4-7,9-10H,3,8H2,1-2H3. The third-order valence-corrected chi connectivity index (χ3v) is 2.44. The van der Waals surface area contributed by atoms with Crippen LogP contribution in [0.15, 0.2) is 36.4 Å². The van der Waals surface area contributed by atoms with Crippen molar-refractivity contribution in [2.75, 3.05) is 6.61 Å². The molecule has 0 N–H and O–H groups in total. The van der Waals surface area contributed by atoms with E-state index in [9.17, 15) is 0 Å². The minimum absolute atomic E-state index is 0.789. The van der Waals surface area contributed by atoms with Crippen molar-refractivity contribution in [2.24, 2.45) is 0 Å². The van der Waals surface area contributed by atoms with Gasteiger partial charge in [0.15, 0.2) is 0 Å². The van der Waals surface area contributed by atoms with Crippen LogP contribution in [0.5, 0.6) is 5.75 Å². The van der Waals surface area contributed by atoms with Crippen LogP contribution < -0.4 is 4.74 Å². The van der Waals surface area contributed by atoms with E-state index in [1.807, 2.05) is 6.07 Å². The minimum Gasteiger partial charge on any atom is -0.494 e. The SMILES string of the molecule is CCCOc1ccc2ccc(C)cc2c1. The lowest BCUT2D eigenvalue weighted by Gasteiger charge is -2.06. The summed E-state index contributed by atoms with van der Waals surface area (Å²) in [4.78, 5) is 0. The molecule has 2 aromatic carbocycles. The number of aryl methyl sites for hydroxylation is 1. The highest BCUT2D eigenvalue weighted by Crippen LogP contribution is 2.21. The van der Waals surface area contributed by atoms with Crippen LogP contribution in [0.3, 0.4) is 0 Å². The van der Waals surface area contributed by atoms with Gasteiger partial charge in [-0.3, -0.25) is 0 Å². The molecule has 78 valence electrons. The number of hydrogen-bond donors (Lipinski definition) is 0. The lowest BCUT2D eigenvalue weighted by Crippen LogP contribution is -1.94. The highest BCUT2D eigenvalue weighted by molar-refractivity contribution is 5.84. The van der Waals surface area contributed by atoms with Crippen molar-refractivity contribution in [2.45, 2.75) is 20.3 Å². The molecular formula is C14H16O. The minimum atomic E-state index is 0.789. The van der Waals surface area contributed by atoms with E-state index in [2.05, 4.69) is 44.2 Å². The maximum atomic E-state index is 5.60. The molecule has 2 rings (SSSR count). The molecule has 1 heteroatoms. The normalized spacial score (nSPS) is 10.5. The second-order valence-corrected chi connectivity index (χ2v) is 3.86. The molecule has 0 aliphatic rings. The van der Waals surface area contributed by atoms with Crippen molar-refractivity contribution in [1.82, 2.24) is 0 Å². The molecule has 0 amide bonds. The Hall–Kier alpha value is -1.50. The molecule has 0 spiro atoms. The molecule has 0 heterocycles. The predicted molar refractivity (Wildman–Crippen MR) is 64.5 cm³/mol. The summed E-state index contributed by atoms with van der Waals surface area (Å²) in [6.45, 7) is 5.02. The second kappa shape index (κ2) is 4.35. The molecule has 0 aliphatic carbocycles. The molecule has 0 saturated heterocycles. The van der Waals surface area contributed by atoms with Crippen molar-refractivity contribution >= 4 is 10.8 Å². The highest BCUT2D eigenvalue weighted by Gasteiger charge is 1.97. The van der Waals surface area contributed by atoms with Crippen LogP contribution >= 0.6 is 0 Å². The van der Waals surface area contributed by atoms with Gasteiger partial charge in [0.2, 0.25) is 0 Å². The largest absolute Gasteiger partial charge is 0.494 e. The Kier molecular flexibility index (Phi) is 2.91. The molecule has 0 aliphatic heterocycles. The summed E-state index contributed by atoms with van der Waals surface area (Å²) in [6.07, 6.45) is 1.05. The van der Waals surface area contributed by atoms with Crippen molar-refractivity contribution in [3.05, 3.63) is 42.0 Å². The topological polar surface area (TPSA) is 9.23 Å². The summed E-state index contributed by atoms with van der Waals surface area (Å²) in [6, 6.07) is 12.7. The van der Waals surface area contributed by atoms with Gasteiger partial charge in [-0.25, -0.2) is 0 Å². The molecule has 0 bridgehead atoms. The van der Waals surface area contributed by atoms with Crippen LogP contribution in [-0.4, -0.2) is 6.61 Å². The van der Waals surface area contributed by atoms with Gasteiger partial charge in [-0.1, -0.05) is 36.8 Å². The molecule has 0 unspecified atom stereocenters. The van der Waals surface area contributed by atoms with Crippen LogP contribution in [0.1, 0.15) is 18.9 Å². The quantitative estimate of drug-likeness (QED) is 0.729. The summed E-state index contributed by atoms with van der Waals surface area (Å²) in [5.41, 5.74) is 1.29. The Morgan fingerprint density at radius 2 is 1.80 bits per heavy atom. The maximum absolute atomic E-state index is 5.60. The Balaban J connectivity index is 2.36. The van der Waals surface area contributed by atoms with E-state index in [1.54, 1.807) is 0 Å². The molecular weight excluding hydrogens is 184 g/mol. The second-order valence-electron chi connectivity index (χ2n) is 3.86. The molecule has 0 saturated carbocycles. The third-order valence-electron chi connectivity index (χ3n) is 2.44. The zero-order valence-electron chi connectivity index (χ0n) is 9.29. The van der Waals surface area contributed by atoms with Crippen molar-refractivity contribution in [3.8, 4) is 5.75 Å². The first-order valence-electron chi connectivity index (χ1n) is 5.43. The van der Waals surface area contributed by atoms with Gasteiger partial charge >= 0.3 is 0 Å². The zero-order chi connectivity index (χ0) is 10.7. The number of fused-ring (bicyclic) bond motifs is 1. The maximum Gasteiger partial charge on any atom is 0.119 e. The number of ether oxygens (including phenoxy) is 1. The van der Waals surface area contributed by atoms with E-state index in [0.29, 0.717) is 0 Å². The van der Waals surface area contributed by atoms with E-state index < -0.39 is 0 Å². The van der Waals surface area contributed by atoms with Crippen LogP contribution in [-0.2, 0) is 0 Å². The van der Waals surface area contributed by atoms with Gasteiger partial charge in [0, 0.05) is 0 Å². The lowest BCUT2D eigenvalue weighted by atomic mass is 10.1. The summed E-state index contributed by atoms with van der Waals surface area (Å²) >= 11 is 0. The first kappa shape index (κ1) is 10.0. The van der Waals surface area contributed by atoms with Gasteiger partial charge in [-0.15, -0.1) is 0 Å². The summed E-state index contributed by atoms with van der Waals surface area (Å²) < 4.78 is 5.60. The van der Waals surface area contributed by atoms with Crippen LogP contribution in [0.2, 0.25) is 0 Å². The highest BCUT2D eigenvalue weighted by atomic mass is 16.5. The smallest absolute Gasteiger partial charge is 0.119 e. The Morgan fingerprint density at radius 1 is 1.00 bits per heavy atom. The van der Waals surface area contributed by atoms with Gasteiger partial charge in [-0.05, 0) is 36.2 Å². The van der Waals surface area contributed by atoms with Gasteiger partial charge in [-0.2, -0.15) is 0 Å². The van der Waals surface area contributed by atoms with E-state index in [4.69, 9.17) is 4.74 Å². The molecule has 2 aromatic rings. The molecule has 0 atom stereocenters. The summed E-state index contributed by atoms with van der Waals surface area (Å²) in [5.74, 6) is 0.968. The molecule has 0 radical (unpaired) electrons. The van der Waals surface area contributed by atoms with Gasteiger partial charge in [0.1, 0.15) is 5.75 Å². The van der Waals surface area contributed by atoms with Crippen LogP contribution in [0.4, 0.5) is 0 Å². The number of hydrogen-bond acceptors (Lipinski definition) is 1. The van der Waals surface area contributed by atoms with E-state index in [-0.39, 0.29) is 0 Å². The fraction of sp³-hybridized carbons (Fsp3) is 0.286.